The van der Waals surface area contributed by atoms with Gasteiger partial charge in [-0.25, -0.2) is 9.98 Å². The van der Waals surface area contributed by atoms with Crippen LogP contribution in [0.2, 0.25) is 0 Å². The number of nitrogens with one attached hydrogen (secondary N) is 1. The number of anilines is 1. The number of nitrogens with zero attached hydrogens (tertiary/aromatic N) is 5. The molecule has 2 N–H and O–H groups in total. The van der Waals surface area contributed by atoms with Crippen LogP contribution in [-0.4, -0.2) is 83.7 Å². The highest BCUT2D eigenvalue weighted by molar-refractivity contribution is 7.16. The number of carbonyl (C=O) groups is 2. The van der Waals surface area contributed by atoms with E-state index in [1.165, 1.54) is 30.7 Å². The highest BCUT2D eigenvalue weighted by Crippen LogP contribution is 2.41. The lowest BCUT2D eigenvalue weighted by atomic mass is 9.97. The number of rotatable bonds is 7. The fraction of sp³-hybridized carbons (Fsp3) is 0.483. The molecule has 0 aliphatic carbocycles. The van der Waals surface area contributed by atoms with Crippen LogP contribution in [0.3, 0.4) is 0 Å². The highest BCUT2D eigenvalue weighted by atomic mass is 32.1. The van der Waals surface area contributed by atoms with Crippen molar-refractivity contribution in [2.75, 3.05) is 45.2 Å². The van der Waals surface area contributed by atoms with Gasteiger partial charge in [-0.05, 0) is 56.0 Å². The Morgan fingerprint density at radius 3 is 2.60 bits per heavy atom. The minimum absolute atomic E-state index is 0.134. The molecule has 1 amide bonds. The number of alkyl halides is 3. The van der Waals surface area contributed by atoms with Crippen molar-refractivity contribution in [3.8, 4) is 17.0 Å². The molecule has 230 valence electrons. The lowest BCUT2D eigenvalue weighted by molar-refractivity contribution is -0.143. The molecule has 1 unspecified atom stereocenters. The number of amides is 1. The minimum Gasteiger partial charge on any atom is -0.496 e. The zero-order valence-corrected chi connectivity index (χ0v) is 24.7. The number of methoxy groups -OCH3 is 1. The Balaban J connectivity index is 1.34. The van der Waals surface area contributed by atoms with Crippen LogP contribution in [0.15, 0.2) is 40.0 Å². The Labute approximate surface area is 251 Å². The maximum atomic E-state index is 13.8. The molecule has 0 spiro atoms. The van der Waals surface area contributed by atoms with Gasteiger partial charge in [-0.3, -0.25) is 24.8 Å². The summed E-state index contributed by atoms with van der Waals surface area (Å²) < 4.78 is 46.3. The van der Waals surface area contributed by atoms with Crippen molar-refractivity contribution in [3.63, 3.8) is 0 Å². The predicted molar refractivity (Wildman–Crippen MR) is 158 cm³/mol. The molecule has 4 heterocycles. The normalized spacial score (nSPS) is 20.0. The Morgan fingerprint density at radius 2 is 1.95 bits per heavy atom. The molecule has 3 aliphatic rings. The number of aromatic nitrogens is 1. The third-order valence-electron chi connectivity index (χ3n) is 7.83. The van der Waals surface area contributed by atoms with E-state index in [1.807, 2.05) is 4.90 Å². The monoisotopic (exact) mass is 618 g/mol. The molecule has 14 heteroatoms. The fourth-order valence-electron chi connectivity index (χ4n) is 5.48. The minimum atomic E-state index is -4.62. The number of carbonyl (C=O) groups excluding carboxylic acids is 1. The summed E-state index contributed by atoms with van der Waals surface area (Å²) in [6.45, 7) is 5.67. The van der Waals surface area contributed by atoms with Crippen LogP contribution >= 0.6 is 11.3 Å². The van der Waals surface area contributed by atoms with Gasteiger partial charge in [0.2, 0.25) is 0 Å². The molecular formula is C29H33F3N6O4S. The van der Waals surface area contributed by atoms with Crippen LogP contribution in [0.25, 0.3) is 11.3 Å². The number of carboxylic acids is 1. The van der Waals surface area contributed by atoms with E-state index < -0.39 is 23.6 Å². The van der Waals surface area contributed by atoms with E-state index in [0.29, 0.717) is 49.9 Å². The van der Waals surface area contributed by atoms with E-state index >= 15 is 0 Å². The summed E-state index contributed by atoms with van der Waals surface area (Å²) in [6, 6.07) is 3.86. The number of hydrogen-bond acceptors (Lipinski definition) is 9. The molecule has 3 aliphatic heterocycles. The van der Waals surface area contributed by atoms with Crippen molar-refractivity contribution >= 4 is 40.4 Å². The van der Waals surface area contributed by atoms with Gasteiger partial charge < -0.3 is 14.7 Å². The maximum absolute atomic E-state index is 13.8. The molecule has 2 saturated heterocycles. The van der Waals surface area contributed by atoms with Crippen molar-refractivity contribution in [2.24, 2.45) is 21.8 Å². The van der Waals surface area contributed by atoms with E-state index in [-0.39, 0.29) is 34.6 Å². The molecule has 1 aromatic carbocycles. The predicted octanol–water partition coefficient (Wildman–Crippen LogP) is 4.78. The number of aliphatic carboxylic acids is 1. The first-order valence-corrected chi connectivity index (χ1v) is 14.9. The lowest BCUT2D eigenvalue weighted by Crippen LogP contribution is -2.41. The summed E-state index contributed by atoms with van der Waals surface area (Å²) in [6.07, 6.45) is 0.521. The van der Waals surface area contributed by atoms with Crippen molar-refractivity contribution in [1.82, 2.24) is 14.8 Å². The van der Waals surface area contributed by atoms with Crippen molar-refractivity contribution in [3.05, 3.63) is 40.4 Å². The molecule has 1 aromatic heterocycles. The quantitative estimate of drug-likeness (QED) is 0.458. The van der Waals surface area contributed by atoms with Crippen LogP contribution < -0.4 is 10.1 Å². The number of ether oxygens (including phenoxy) is 1. The molecule has 5 rings (SSSR count). The molecule has 2 aromatic rings. The second-order valence-corrected chi connectivity index (χ2v) is 12.0. The second kappa shape index (κ2) is 12.8. The Bertz CT molecular complexity index is 1460. The largest absolute Gasteiger partial charge is 0.496 e. The van der Waals surface area contributed by atoms with Crippen molar-refractivity contribution in [1.29, 1.82) is 0 Å². The average molecular weight is 619 g/mol. The molecule has 0 saturated carbocycles. The van der Waals surface area contributed by atoms with E-state index in [4.69, 9.17) is 4.74 Å². The van der Waals surface area contributed by atoms with E-state index in [9.17, 15) is 27.9 Å². The van der Waals surface area contributed by atoms with Crippen LogP contribution in [-0.2, 0) is 22.3 Å². The fourth-order valence-corrected chi connectivity index (χ4v) is 6.51. The van der Waals surface area contributed by atoms with Crippen molar-refractivity contribution in [2.45, 2.75) is 38.9 Å². The molecule has 2 fully saturated rings. The Kier molecular flexibility index (Phi) is 9.16. The van der Waals surface area contributed by atoms with Gasteiger partial charge in [0.05, 0.1) is 37.0 Å². The van der Waals surface area contributed by atoms with Gasteiger partial charge in [0.25, 0.3) is 5.91 Å². The first kappa shape index (κ1) is 30.7. The molecular weight excluding hydrogens is 585 g/mol. The number of likely N-dealkylation sites (tertiary alicyclic amines) is 2. The van der Waals surface area contributed by atoms with Crippen LogP contribution in [0.5, 0.6) is 5.75 Å². The molecule has 10 nitrogen and oxygen atoms in total. The van der Waals surface area contributed by atoms with Gasteiger partial charge in [-0.1, -0.05) is 18.3 Å². The van der Waals surface area contributed by atoms with Crippen molar-refractivity contribution < 1.29 is 32.6 Å². The first-order chi connectivity index (χ1) is 20.5. The number of halogens is 3. The maximum Gasteiger partial charge on any atom is 0.419 e. The second-order valence-electron chi connectivity index (χ2n) is 10.9. The lowest BCUT2D eigenvalue weighted by Gasteiger charge is -2.31. The number of hydrogen-bond donors (Lipinski definition) is 2. The highest BCUT2D eigenvalue weighted by Gasteiger charge is 2.35. The topological polar surface area (TPSA) is 120 Å². The zero-order chi connectivity index (χ0) is 30.7. The number of aliphatic imine (C=N–C) groups is 2. The zero-order valence-electron chi connectivity index (χ0n) is 23.9. The van der Waals surface area contributed by atoms with Crippen LogP contribution in [0.4, 0.5) is 18.3 Å². The third kappa shape index (κ3) is 7.24. The number of piperidine rings is 1. The molecule has 1 atom stereocenters. The van der Waals surface area contributed by atoms with Gasteiger partial charge in [-0.15, -0.1) is 0 Å². The summed E-state index contributed by atoms with van der Waals surface area (Å²) in [7, 11) is 1.20. The van der Waals surface area contributed by atoms with E-state index in [0.717, 1.165) is 30.5 Å². The number of benzene rings is 1. The summed E-state index contributed by atoms with van der Waals surface area (Å²) in [4.78, 5) is 42.8. The van der Waals surface area contributed by atoms with Gasteiger partial charge in [0.1, 0.15) is 17.3 Å². The van der Waals surface area contributed by atoms with Gasteiger partial charge in [-0.2, -0.15) is 13.2 Å². The Hall–Kier alpha value is -3.78. The standard InChI is InChI=1S/C29H33F3N6O4S/c1-17-6-10-37(15-17)16-23-25(19-3-4-22(42-2)20(13-19)29(30,31)32)35-28(43-23)36-26(39)21-5-9-33-24(14-34-21)38-11-7-18(8-12-38)27(40)41/h3-5,13-14,17-18H,6-12,15-16H2,1-2H3,(H,40,41)(H,35,36,39). The number of amidine groups is 1. The van der Waals surface area contributed by atoms with Gasteiger partial charge >= 0.3 is 12.1 Å². The molecule has 0 bridgehead atoms. The summed E-state index contributed by atoms with van der Waals surface area (Å²) in [5.41, 5.74) is -0.104. The third-order valence-corrected chi connectivity index (χ3v) is 8.78. The van der Waals surface area contributed by atoms with E-state index in [1.54, 1.807) is 12.1 Å². The van der Waals surface area contributed by atoms with Crippen LogP contribution in [0, 0.1) is 11.8 Å². The van der Waals surface area contributed by atoms with Gasteiger partial charge in [0, 0.05) is 36.6 Å². The SMILES string of the molecule is COc1ccc(-c2nc(NC(=O)C3=CCN=C(N4CCC(C(=O)O)CC4)C=N3)sc2CN2CCC(C)C2)cc1C(F)(F)F. The molecule has 43 heavy (non-hydrogen) atoms. The van der Waals surface area contributed by atoms with E-state index in [2.05, 4.69) is 32.1 Å². The van der Waals surface area contributed by atoms with Crippen LogP contribution in [0.1, 0.15) is 36.6 Å². The van der Waals surface area contributed by atoms with Gasteiger partial charge in [0.15, 0.2) is 5.13 Å². The average Bonchev–Trinajstić information content (AvgIpc) is 3.47. The summed E-state index contributed by atoms with van der Waals surface area (Å²) in [5.74, 6) is -0.858. The Morgan fingerprint density at radius 1 is 1.19 bits per heavy atom. The smallest absolute Gasteiger partial charge is 0.419 e. The summed E-state index contributed by atoms with van der Waals surface area (Å²) in [5, 5.41) is 12.3. The number of carboxylic acid groups (broad SMARTS) is 1. The first-order valence-electron chi connectivity index (χ1n) is 14.1. The summed E-state index contributed by atoms with van der Waals surface area (Å²) >= 11 is 1.23. The number of thiazole rings is 1. The molecule has 0 radical (unpaired) electrons.